The Morgan fingerprint density at radius 3 is 2.33 bits per heavy atom. The molecule has 0 aliphatic carbocycles. The van der Waals surface area contributed by atoms with Gasteiger partial charge in [-0.15, -0.1) is 0 Å². The monoisotopic (exact) mass is 137 g/mol. The summed E-state index contributed by atoms with van der Waals surface area (Å²) in [6, 6.07) is 0. The van der Waals surface area contributed by atoms with E-state index in [0.29, 0.717) is 0 Å². The van der Waals surface area contributed by atoms with E-state index < -0.39 is 11.9 Å². The van der Waals surface area contributed by atoms with E-state index in [4.69, 9.17) is 0 Å². The zero-order chi connectivity index (χ0) is 6.91. The largest absolute Gasteiger partial charge is 0.439 e. The molecule has 1 aromatic heterocycles. The van der Waals surface area contributed by atoms with Crippen molar-refractivity contribution in [2.45, 2.75) is 6.18 Å². The van der Waals surface area contributed by atoms with Crippen LogP contribution in [-0.2, 0) is 6.18 Å². The minimum Gasteiger partial charge on any atom is -0.243 e. The Morgan fingerprint density at radius 2 is 2.11 bits per heavy atom. The summed E-state index contributed by atoms with van der Waals surface area (Å²) in [6.45, 7) is 0. The average molecular weight is 137 g/mol. The van der Waals surface area contributed by atoms with E-state index >= 15 is 0 Å². The lowest BCUT2D eigenvalue weighted by atomic mass is 10.5. The first-order chi connectivity index (χ1) is 4.11. The molecular formula is C3F3N2O. The van der Waals surface area contributed by atoms with Gasteiger partial charge in [0.25, 0.3) is 0 Å². The standard InChI is InChI=1S/C3F3N2O/c4-3(5,6)2-1-7-9-8-2. The molecule has 49 valence electrons. The summed E-state index contributed by atoms with van der Waals surface area (Å²) in [6.07, 6.45) is -2.98. The van der Waals surface area contributed by atoms with Gasteiger partial charge in [0.05, 0.1) is 0 Å². The van der Waals surface area contributed by atoms with E-state index in [-0.39, 0.29) is 0 Å². The van der Waals surface area contributed by atoms with Crippen LogP contribution in [-0.4, -0.2) is 10.3 Å². The van der Waals surface area contributed by atoms with Gasteiger partial charge in [0.1, 0.15) is 0 Å². The van der Waals surface area contributed by atoms with Crippen molar-refractivity contribution in [1.29, 1.82) is 0 Å². The van der Waals surface area contributed by atoms with E-state index in [2.05, 4.69) is 14.9 Å². The smallest absolute Gasteiger partial charge is 0.243 e. The fourth-order valence-electron chi connectivity index (χ4n) is 0.260. The average Bonchev–Trinajstić information content (AvgIpc) is 2.08. The Balaban J connectivity index is 2.90. The first-order valence-corrected chi connectivity index (χ1v) is 1.88. The van der Waals surface area contributed by atoms with Gasteiger partial charge in [0.2, 0.25) is 5.69 Å². The van der Waals surface area contributed by atoms with E-state index in [1.165, 1.54) is 6.20 Å². The summed E-state index contributed by atoms with van der Waals surface area (Å²) in [5.74, 6) is 0. The van der Waals surface area contributed by atoms with E-state index in [0.717, 1.165) is 0 Å². The highest BCUT2D eigenvalue weighted by Crippen LogP contribution is 2.25. The molecule has 0 unspecified atom stereocenters. The normalized spacial score (nSPS) is 11.9. The van der Waals surface area contributed by atoms with Crippen LogP contribution in [0, 0.1) is 6.20 Å². The second-order valence-corrected chi connectivity index (χ2v) is 1.22. The van der Waals surface area contributed by atoms with Gasteiger partial charge in [-0.05, 0) is 10.3 Å². The van der Waals surface area contributed by atoms with Crippen molar-refractivity contribution >= 4 is 0 Å². The van der Waals surface area contributed by atoms with Gasteiger partial charge in [-0.1, -0.05) is 0 Å². The molecule has 0 atom stereocenters. The van der Waals surface area contributed by atoms with Crippen LogP contribution in [0.5, 0.6) is 0 Å². The first kappa shape index (κ1) is 6.06. The molecule has 0 saturated carbocycles. The lowest BCUT2D eigenvalue weighted by Crippen LogP contribution is -2.04. The lowest BCUT2D eigenvalue weighted by molar-refractivity contribution is -0.142. The van der Waals surface area contributed by atoms with Crippen molar-refractivity contribution < 1.29 is 17.8 Å². The molecule has 6 heteroatoms. The SMILES string of the molecule is FC(F)(F)c1[c]non1. The van der Waals surface area contributed by atoms with Crippen molar-refractivity contribution in [2.24, 2.45) is 0 Å². The number of hydrogen-bond donors (Lipinski definition) is 0. The maximum absolute atomic E-state index is 11.4. The number of rotatable bonds is 0. The van der Waals surface area contributed by atoms with Crippen molar-refractivity contribution in [2.75, 3.05) is 0 Å². The molecule has 0 fully saturated rings. The highest BCUT2D eigenvalue weighted by atomic mass is 19.4. The molecular weight excluding hydrogens is 137 g/mol. The van der Waals surface area contributed by atoms with Crippen LogP contribution < -0.4 is 0 Å². The topological polar surface area (TPSA) is 38.9 Å². The fourth-order valence-corrected chi connectivity index (χ4v) is 0.260. The van der Waals surface area contributed by atoms with Crippen LogP contribution in [0.4, 0.5) is 13.2 Å². The fraction of sp³-hybridized carbons (Fsp3) is 0.333. The summed E-state index contributed by atoms with van der Waals surface area (Å²) in [5, 5.41) is 5.18. The van der Waals surface area contributed by atoms with Gasteiger partial charge in [-0.3, -0.25) is 0 Å². The molecule has 0 N–H and O–H groups in total. The molecule has 9 heavy (non-hydrogen) atoms. The van der Waals surface area contributed by atoms with E-state index in [1.807, 2.05) is 0 Å². The van der Waals surface area contributed by atoms with Crippen molar-refractivity contribution in [3.05, 3.63) is 11.9 Å². The quantitative estimate of drug-likeness (QED) is 0.532. The van der Waals surface area contributed by atoms with E-state index in [1.54, 1.807) is 0 Å². The Morgan fingerprint density at radius 1 is 1.44 bits per heavy atom. The third-order valence-electron chi connectivity index (χ3n) is 0.593. The third-order valence-corrected chi connectivity index (χ3v) is 0.593. The molecule has 1 rings (SSSR count). The molecule has 0 amide bonds. The lowest BCUT2D eigenvalue weighted by Gasteiger charge is -1.95. The first-order valence-electron chi connectivity index (χ1n) is 1.88. The molecule has 0 aliphatic heterocycles. The number of aromatic nitrogens is 2. The predicted octanol–water partition coefficient (Wildman–Crippen LogP) is 0.889. The molecule has 3 nitrogen and oxygen atoms in total. The molecule has 0 bridgehead atoms. The number of halogens is 3. The maximum atomic E-state index is 11.4. The minimum absolute atomic E-state index is 1.23. The van der Waals surface area contributed by atoms with E-state index in [9.17, 15) is 13.2 Å². The number of alkyl halides is 3. The number of hydrogen-bond acceptors (Lipinski definition) is 3. The molecule has 0 aromatic carbocycles. The Labute approximate surface area is 47.4 Å². The van der Waals surface area contributed by atoms with Gasteiger partial charge in [0.15, 0.2) is 6.20 Å². The summed E-state index contributed by atoms with van der Waals surface area (Å²) < 4.78 is 37.9. The van der Waals surface area contributed by atoms with Gasteiger partial charge in [-0.2, -0.15) is 13.2 Å². The van der Waals surface area contributed by atoms with Gasteiger partial charge < -0.3 is 0 Å². The highest BCUT2D eigenvalue weighted by molar-refractivity contribution is 4.92. The molecule has 0 spiro atoms. The minimum atomic E-state index is -4.50. The summed E-state index contributed by atoms with van der Waals surface area (Å²) in [5.41, 5.74) is -1.23. The summed E-state index contributed by atoms with van der Waals surface area (Å²) in [4.78, 5) is 0. The highest BCUT2D eigenvalue weighted by Gasteiger charge is 2.35. The van der Waals surface area contributed by atoms with Gasteiger partial charge >= 0.3 is 6.18 Å². The van der Waals surface area contributed by atoms with Crippen molar-refractivity contribution in [1.82, 2.24) is 10.3 Å². The van der Waals surface area contributed by atoms with Crippen molar-refractivity contribution in [3.8, 4) is 0 Å². The molecule has 0 aliphatic rings. The third kappa shape index (κ3) is 1.18. The Bertz CT molecular complexity index is 179. The van der Waals surface area contributed by atoms with Crippen LogP contribution >= 0.6 is 0 Å². The summed E-state index contributed by atoms with van der Waals surface area (Å²) in [7, 11) is 0. The second kappa shape index (κ2) is 1.71. The van der Waals surface area contributed by atoms with Crippen molar-refractivity contribution in [3.63, 3.8) is 0 Å². The zero-order valence-corrected chi connectivity index (χ0v) is 3.94. The predicted molar refractivity (Wildman–Crippen MR) is 18.1 cm³/mol. The molecule has 1 radical (unpaired) electrons. The van der Waals surface area contributed by atoms with Gasteiger partial charge in [-0.25, -0.2) is 4.63 Å². The molecule has 0 saturated heterocycles. The summed E-state index contributed by atoms with van der Waals surface area (Å²) >= 11 is 0. The van der Waals surface area contributed by atoms with Crippen LogP contribution in [0.1, 0.15) is 5.69 Å². The Kier molecular flexibility index (Phi) is 1.15. The Hall–Kier alpha value is -1.07. The second-order valence-electron chi connectivity index (χ2n) is 1.22. The molecule has 1 heterocycles. The van der Waals surface area contributed by atoms with Gasteiger partial charge in [0, 0.05) is 0 Å². The zero-order valence-electron chi connectivity index (χ0n) is 3.94. The number of nitrogens with zero attached hydrogens (tertiary/aromatic N) is 2. The molecule has 1 aromatic rings. The van der Waals surface area contributed by atoms with Crippen LogP contribution in [0.25, 0.3) is 0 Å². The van der Waals surface area contributed by atoms with Crippen LogP contribution in [0.2, 0.25) is 0 Å². The van der Waals surface area contributed by atoms with Crippen LogP contribution in [0.15, 0.2) is 4.63 Å². The van der Waals surface area contributed by atoms with Crippen LogP contribution in [0.3, 0.4) is 0 Å². The maximum Gasteiger partial charge on any atom is 0.439 e.